The number of hydrogen-bond acceptors (Lipinski definition) is 7. The van der Waals surface area contributed by atoms with Crippen molar-refractivity contribution < 1.29 is 24.2 Å². The lowest BCUT2D eigenvalue weighted by Gasteiger charge is -2.32. The molecule has 1 saturated heterocycles. The van der Waals surface area contributed by atoms with Gasteiger partial charge >= 0.3 is 0 Å². The molecule has 9 heteroatoms. The number of carbonyl (C=O) groups is 2. The van der Waals surface area contributed by atoms with Crippen molar-refractivity contribution in [2.24, 2.45) is 5.92 Å². The molecular formula is C24H38N4O5. The van der Waals surface area contributed by atoms with E-state index in [9.17, 15) is 14.7 Å². The minimum Gasteiger partial charge on any atom is -0.488 e. The number of rotatable bonds is 8. The zero-order valence-electron chi connectivity index (χ0n) is 20.0. The quantitative estimate of drug-likeness (QED) is 0.523. The third-order valence-corrected chi connectivity index (χ3v) is 6.36. The van der Waals surface area contributed by atoms with Gasteiger partial charge in [-0.15, -0.1) is 0 Å². The molecule has 0 radical (unpaired) electrons. The van der Waals surface area contributed by atoms with Crippen molar-refractivity contribution in [3.63, 3.8) is 0 Å². The Balaban J connectivity index is 1.74. The van der Waals surface area contributed by atoms with Crippen LogP contribution in [0.15, 0.2) is 18.2 Å². The van der Waals surface area contributed by atoms with Gasteiger partial charge in [0.15, 0.2) is 0 Å². The van der Waals surface area contributed by atoms with E-state index in [1.165, 1.54) is 0 Å². The van der Waals surface area contributed by atoms with E-state index in [0.717, 1.165) is 18.7 Å². The van der Waals surface area contributed by atoms with Crippen LogP contribution in [0.1, 0.15) is 25.8 Å². The van der Waals surface area contributed by atoms with Gasteiger partial charge in [-0.05, 0) is 32.2 Å². The Hall–Kier alpha value is -2.20. The van der Waals surface area contributed by atoms with E-state index >= 15 is 0 Å². The van der Waals surface area contributed by atoms with Gasteiger partial charge in [-0.3, -0.25) is 14.5 Å². The molecule has 2 heterocycles. The van der Waals surface area contributed by atoms with Crippen LogP contribution < -0.4 is 15.4 Å². The van der Waals surface area contributed by atoms with Crippen molar-refractivity contribution in [2.45, 2.75) is 38.8 Å². The zero-order chi connectivity index (χ0) is 23.8. The molecule has 1 aromatic carbocycles. The van der Waals surface area contributed by atoms with E-state index in [0.29, 0.717) is 50.7 Å². The lowest BCUT2D eigenvalue weighted by atomic mass is 10.0. The van der Waals surface area contributed by atoms with Gasteiger partial charge in [0.1, 0.15) is 11.9 Å². The normalized spacial score (nSPS) is 23.0. The molecular weight excluding hydrogens is 424 g/mol. The van der Waals surface area contributed by atoms with Crippen LogP contribution in [0.2, 0.25) is 0 Å². The fourth-order valence-electron chi connectivity index (χ4n) is 4.26. The number of likely N-dealkylation sites (N-methyl/N-ethyl adjacent to an activating group) is 1. The summed E-state index contributed by atoms with van der Waals surface area (Å²) in [5, 5.41) is 15.8. The summed E-state index contributed by atoms with van der Waals surface area (Å²) >= 11 is 0. The van der Waals surface area contributed by atoms with E-state index in [-0.39, 0.29) is 42.9 Å². The summed E-state index contributed by atoms with van der Waals surface area (Å²) in [5.41, 5.74) is 1.38. The van der Waals surface area contributed by atoms with Crippen LogP contribution >= 0.6 is 0 Å². The molecule has 1 fully saturated rings. The second-order valence-electron chi connectivity index (χ2n) is 9.02. The summed E-state index contributed by atoms with van der Waals surface area (Å²) < 4.78 is 11.7. The average molecular weight is 463 g/mol. The Labute approximate surface area is 196 Å². The summed E-state index contributed by atoms with van der Waals surface area (Å²) in [6, 6.07) is 5.21. The number of carbonyl (C=O) groups excluding carboxylic acids is 2. The van der Waals surface area contributed by atoms with Gasteiger partial charge in [0.05, 0.1) is 32.3 Å². The summed E-state index contributed by atoms with van der Waals surface area (Å²) in [6.45, 7) is 8.76. The first-order chi connectivity index (χ1) is 15.9. The standard InChI is InChI=1S/C24H38N4O5/c1-17-15-28(18(2)16-29)24(31)13-19-12-20(4-5-21(19)33-22(17)14-25-3)26-23(30)6-7-27-8-10-32-11-9-27/h4-5,12,17-18,22,25,29H,6-11,13-16H2,1-3H3,(H,26,30)/t17-,18+,22+/m1/s1. The van der Waals surface area contributed by atoms with Crippen molar-refractivity contribution in [3.8, 4) is 5.75 Å². The van der Waals surface area contributed by atoms with Crippen LogP contribution in [0.5, 0.6) is 5.75 Å². The number of aliphatic hydroxyl groups is 1. The fourth-order valence-corrected chi connectivity index (χ4v) is 4.26. The number of morpholine rings is 1. The number of fused-ring (bicyclic) bond motifs is 1. The van der Waals surface area contributed by atoms with Gasteiger partial charge in [-0.2, -0.15) is 0 Å². The number of nitrogens with one attached hydrogen (secondary N) is 2. The number of aliphatic hydroxyl groups excluding tert-OH is 1. The molecule has 3 rings (SSSR count). The first-order valence-electron chi connectivity index (χ1n) is 11.9. The Morgan fingerprint density at radius 1 is 1.30 bits per heavy atom. The second-order valence-corrected chi connectivity index (χ2v) is 9.02. The number of amides is 2. The molecule has 0 bridgehead atoms. The van der Waals surface area contributed by atoms with E-state index in [1.54, 1.807) is 4.90 Å². The maximum atomic E-state index is 13.1. The van der Waals surface area contributed by atoms with Gasteiger partial charge in [0.25, 0.3) is 0 Å². The molecule has 3 N–H and O–H groups in total. The maximum Gasteiger partial charge on any atom is 0.227 e. The predicted molar refractivity (Wildman–Crippen MR) is 126 cm³/mol. The summed E-state index contributed by atoms with van der Waals surface area (Å²) in [7, 11) is 1.87. The molecule has 0 spiro atoms. The highest BCUT2D eigenvalue weighted by atomic mass is 16.5. The zero-order valence-corrected chi connectivity index (χ0v) is 20.0. The Morgan fingerprint density at radius 3 is 2.76 bits per heavy atom. The molecule has 2 amide bonds. The van der Waals surface area contributed by atoms with Crippen molar-refractivity contribution in [1.29, 1.82) is 0 Å². The topological polar surface area (TPSA) is 103 Å². The average Bonchev–Trinajstić information content (AvgIpc) is 2.86. The highest BCUT2D eigenvalue weighted by molar-refractivity contribution is 5.91. The molecule has 0 aliphatic carbocycles. The van der Waals surface area contributed by atoms with Crippen molar-refractivity contribution in [1.82, 2.24) is 15.1 Å². The molecule has 33 heavy (non-hydrogen) atoms. The fraction of sp³-hybridized carbons (Fsp3) is 0.667. The van der Waals surface area contributed by atoms with Crippen molar-refractivity contribution >= 4 is 17.5 Å². The lowest BCUT2D eigenvalue weighted by molar-refractivity contribution is -0.134. The molecule has 1 aromatic rings. The Morgan fingerprint density at radius 2 is 2.06 bits per heavy atom. The predicted octanol–water partition coefficient (Wildman–Crippen LogP) is 0.716. The minimum absolute atomic E-state index is 0.0610. The highest BCUT2D eigenvalue weighted by Crippen LogP contribution is 2.29. The molecule has 3 atom stereocenters. The van der Waals surface area contributed by atoms with Gasteiger partial charge in [0.2, 0.25) is 11.8 Å². The number of nitrogens with zero attached hydrogens (tertiary/aromatic N) is 2. The molecule has 9 nitrogen and oxygen atoms in total. The van der Waals surface area contributed by atoms with Crippen LogP contribution in [-0.2, 0) is 20.7 Å². The van der Waals surface area contributed by atoms with Crippen molar-refractivity contribution in [3.05, 3.63) is 23.8 Å². The van der Waals surface area contributed by atoms with E-state index in [4.69, 9.17) is 9.47 Å². The van der Waals surface area contributed by atoms with E-state index in [1.807, 2.05) is 32.2 Å². The van der Waals surface area contributed by atoms with Gasteiger partial charge < -0.3 is 30.1 Å². The first-order valence-corrected chi connectivity index (χ1v) is 11.9. The smallest absolute Gasteiger partial charge is 0.227 e. The van der Waals surface area contributed by atoms with Crippen molar-refractivity contribution in [2.75, 3.05) is 64.9 Å². The first kappa shape index (κ1) is 25.4. The number of ether oxygens (including phenoxy) is 2. The third kappa shape index (κ3) is 7.14. The van der Waals surface area contributed by atoms with Crippen LogP contribution in [0.4, 0.5) is 5.69 Å². The third-order valence-electron chi connectivity index (χ3n) is 6.36. The SMILES string of the molecule is CNC[C@@H]1Oc2ccc(NC(=O)CCN3CCOCC3)cc2CC(=O)N([C@@H](C)CO)C[C@H]1C. The lowest BCUT2D eigenvalue weighted by Crippen LogP contribution is -2.47. The molecule has 2 aliphatic heterocycles. The van der Waals surface area contributed by atoms with Crippen LogP contribution in [0, 0.1) is 5.92 Å². The minimum atomic E-state index is -0.278. The van der Waals surface area contributed by atoms with E-state index < -0.39 is 0 Å². The Kier molecular flexibility index (Phi) is 9.49. The molecule has 0 unspecified atom stereocenters. The molecule has 0 aromatic heterocycles. The molecule has 2 aliphatic rings. The van der Waals surface area contributed by atoms with Crippen LogP contribution in [-0.4, -0.2) is 98.5 Å². The van der Waals surface area contributed by atoms with E-state index in [2.05, 4.69) is 22.5 Å². The van der Waals surface area contributed by atoms with Gasteiger partial charge in [0, 0.05) is 56.3 Å². The number of hydrogen-bond donors (Lipinski definition) is 3. The number of benzene rings is 1. The number of anilines is 1. The highest BCUT2D eigenvalue weighted by Gasteiger charge is 2.30. The monoisotopic (exact) mass is 462 g/mol. The Bertz CT molecular complexity index is 799. The maximum absolute atomic E-state index is 13.1. The molecule has 0 saturated carbocycles. The summed E-state index contributed by atoms with van der Waals surface area (Å²) in [4.78, 5) is 29.6. The second kappa shape index (κ2) is 12.3. The summed E-state index contributed by atoms with van der Waals surface area (Å²) in [6.07, 6.45) is 0.411. The largest absolute Gasteiger partial charge is 0.488 e. The van der Waals surface area contributed by atoms with Gasteiger partial charge in [-0.25, -0.2) is 0 Å². The summed E-state index contributed by atoms with van der Waals surface area (Å²) in [5.74, 6) is 0.601. The van der Waals surface area contributed by atoms with Crippen LogP contribution in [0.25, 0.3) is 0 Å². The van der Waals surface area contributed by atoms with Crippen LogP contribution in [0.3, 0.4) is 0 Å². The molecule has 184 valence electrons. The van der Waals surface area contributed by atoms with Gasteiger partial charge in [-0.1, -0.05) is 6.92 Å².